The Bertz CT molecular complexity index is 878. The maximum absolute atomic E-state index is 12.2. The molecule has 24 heavy (non-hydrogen) atoms. The van der Waals surface area contributed by atoms with Crippen LogP contribution in [-0.2, 0) is 11.8 Å². The van der Waals surface area contributed by atoms with Gasteiger partial charge in [0.1, 0.15) is 17.8 Å². The first kappa shape index (κ1) is 17.5. The number of rotatable bonds is 4. The molecule has 2 aromatic rings. The second-order valence-corrected chi connectivity index (χ2v) is 5.45. The van der Waals surface area contributed by atoms with Gasteiger partial charge in [-0.15, -0.1) is 0 Å². The topological polar surface area (TPSA) is 114 Å². The summed E-state index contributed by atoms with van der Waals surface area (Å²) in [6.07, 6.45) is 2.18. The summed E-state index contributed by atoms with van der Waals surface area (Å²) in [6, 6.07) is 6.15. The molecule has 0 saturated heterocycles. The van der Waals surface area contributed by atoms with Crippen molar-refractivity contribution in [2.75, 3.05) is 5.32 Å². The Kier molecular flexibility index (Phi) is 5.18. The van der Waals surface area contributed by atoms with Gasteiger partial charge in [0, 0.05) is 21.8 Å². The number of hydrogen-bond donors (Lipinski definition) is 1. The number of anilines is 1. The fourth-order valence-corrected chi connectivity index (χ4v) is 2.35. The van der Waals surface area contributed by atoms with Gasteiger partial charge in [-0.05, 0) is 23.1 Å². The molecule has 0 aliphatic carbocycles. The molecule has 1 N–H and O–H groups in total. The Morgan fingerprint density at radius 2 is 2.04 bits per heavy atom. The molecule has 8 nitrogen and oxygen atoms in total. The van der Waals surface area contributed by atoms with Crippen molar-refractivity contribution in [1.82, 2.24) is 9.55 Å². The average molecular weight is 366 g/mol. The largest absolute Gasteiger partial charge is 0.358 e. The molecule has 0 radical (unpaired) electrons. The van der Waals surface area contributed by atoms with Crippen molar-refractivity contribution in [2.45, 2.75) is 0 Å². The number of carbonyl (C=O) groups is 1. The summed E-state index contributed by atoms with van der Waals surface area (Å²) in [7, 11) is 1.40. The number of nitrogens with one attached hydrogen (secondary N) is 1. The summed E-state index contributed by atoms with van der Waals surface area (Å²) in [5.74, 6) is -0.889. The number of nitrogens with zero attached hydrogens (tertiary/aromatic N) is 4. The molecule has 0 bridgehead atoms. The van der Waals surface area contributed by atoms with Crippen LogP contribution in [0.5, 0.6) is 0 Å². The van der Waals surface area contributed by atoms with E-state index in [2.05, 4.69) is 10.3 Å². The van der Waals surface area contributed by atoms with Crippen LogP contribution in [0.2, 0.25) is 10.0 Å². The van der Waals surface area contributed by atoms with Crippen molar-refractivity contribution in [3.8, 4) is 6.07 Å². The van der Waals surface area contributed by atoms with E-state index in [-0.39, 0.29) is 17.2 Å². The maximum atomic E-state index is 12.2. The number of carbonyl (C=O) groups excluding carboxylic acids is 1. The van der Waals surface area contributed by atoms with Crippen molar-refractivity contribution in [1.29, 1.82) is 5.26 Å². The van der Waals surface area contributed by atoms with Gasteiger partial charge in [0.15, 0.2) is 0 Å². The van der Waals surface area contributed by atoms with Crippen LogP contribution in [0, 0.1) is 21.4 Å². The number of hydrogen-bond acceptors (Lipinski definition) is 5. The maximum Gasteiger partial charge on any atom is 0.342 e. The van der Waals surface area contributed by atoms with E-state index in [1.165, 1.54) is 25.2 Å². The highest BCUT2D eigenvalue weighted by atomic mass is 35.5. The van der Waals surface area contributed by atoms with Gasteiger partial charge in [0.25, 0.3) is 5.91 Å². The molecule has 0 saturated carbocycles. The third-order valence-corrected chi connectivity index (χ3v) is 3.38. The van der Waals surface area contributed by atoms with Crippen molar-refractivity contribution < 1.29 is 9.72 Å². The lowest BCUT2D eigenvalue weighted by Gasteiger charge is -2.05. The molecule has 0 aliphatic heterocycles. The number of imidazole rings is 1. The second kappa shape index (κ2) is 7.12. The highest BCUT2D eigenvalue weighted by Crippen LogP contribution is 2.23. The lowest BCUT2D eigenvalue weighted by atomic mass is 10.2. The first-order chi connectivity index (χ1) is 11.3. The number of nitro groups is 1. The molecule has 10 heteroatoms. The summed E-state index contributed by atoms with van der Waals surface area (Å²) in [4.78, 5) is 26.1. The van der Waals surface area contributed by atoms with Crippen molar-refractivity contribution in [3.05, 3.63) is 56.0 Å². The average Bonchev–Trinajstić information content (AvgIpc) is 2.84. The monoisotopic (exact) mass is 365 g/mol. The quantitative estimate of drug-likeness (QED) is 0.386. The van der Waals surface area contributed by atoms with Gasteiger partial charge in [0.05, 0.1) is 7.05 Å². The molecule has 0 aliphatic rings. The minimum absolute atomic E-state index is 0.0949. The molecule has 1 aromatic carbocycles. The fraction of sp³-hybridized carbons (Fsp3) is 0.0714. The molecule has 1 aromatic heterocycles. The van der Waals surface area contributed by atoms with Crippen molar-refractivity contribution in [2.24, 2.45) is 7.05 Å². The highest BCUT2D eigenvalue weighted by molar-refractivity contribution is 6.35. The summed E-state index contributed by atoms with van der Waals surface area (Å²) < 4.78 is 1.15. The van der Waals surface area contributed by atoms with Gasteiger partial charge in [-0.25, -0.2) is 9.55 Å². The predicted octanol–water partition coefficient (Wildman–Crippen LogP) is 3.18. The van der Waals surface area contributed by atoms with Crippen LogP contribution in [0.1, 0.15) is 5.82 Å². The first-order valence-electron chi connectivity index (χ1n) is 6.37. The van der Waals surface area contributed by atoms with E-state index in [9.17, 15) is 14.9 Å². The molecular weight excluding hydrogens is 357 g/mol. The molecule has 0 spiro atoms. The van der Waals surface area contributed by atoms with Crippen LogP contribution in [-0.4, -0.2) is 20.4 Å². The number of nitriles is 1. The zero-order valence-corrected chi connectivity index (χ0v) is 13.7. The molecule has 2 rings (SSSR count). The van der Waals surface area contributed by atoms with Gasteiger partial charge in [-0.3, -0.25) is 4.79 Å². The zero-order chi connectivity index (χ0) is 17.9. The summed E-state index contributed by atoms with van der Waals surface area (Å²) in [5.41, 5.74) is 0.0270. The van der Waals surface area contributed by atoms with Crippen LogP contribution in [0.25, 0.3) is 6.08 Å². The van der Waals surface area contributed by atoms with E-state index in [0.29, 0.717) is 15.7 Å². The Labute approximate surface area is 146 Å². The van der Waals surface area contributed by atoms with E-state index in [4.69, 9.17) is 28.5 Å². The number of aromatic nitrogens is 2. The Balaban J connectivity index is 2.29. The van der Waals surface area contributed by atoms with Crippen LogP contribution >= 0.6 is 23.2 Å². The minimum Gasteiger partial charge on any atom is -0.358 e. The third-order valence-electron chi connectivity index (χ3n) is 2.95. The van der Waals surface area contributed by atoms with Gasteiger partial charge in [-0.1, -0.05) is 23.2 Å². The zero-order valence-electron chi connectivity index (χ0n) is 12.2. The van der Waals surface area contributed by atoms with Gasteiger partial charge < -0.3 is 15.4 Å². The predicted molar refractivity (Wildman–Crippen MR) is 88.5 cm³/mol. The molecule has 0 atom stereocenters. The van der Waals surface area contributed by atoms with Gasteiger partial charge in [-0.2, -0.15) is 5.26 Å². The Morgan fingerprint density at radius 1 is 1.42 bits per heavy atom. The molecule has 1 heterocycles. The van der Waals surface area contributed by atoms with E-state index >= 15 is 0 Å². The number of halogens is 2. The molecule has 122 valence electrons. The van der Waals surface area contributed by atoms with E-state index in [1.807, 2.05) is 0 Å². The highest BCUT2D eigenvalue weighted by Gasteiger charge is 2.18. The standard InChI is InChI=1S/C14H9Cl2N5O3/c1-20-12(18-7-13(20)21(23)24)2-8(6-17)14(22)19-11-4-9(15)3-10(16)5-11/h2-5,7H,1H3,(H,19,22). The lowest BCUT2D eigenvalue weighted by molar-refractivity contribution is -0.391. The molecule has 1 amide bonds. The molecule has 0 fully saturated rings. The van der Waals surface area contributed by atoms with Crippen molar-refractivity contribution >= 4 is 46.7 Å². The van der Waals surface area contributed by atoms with Crippen LogP contribution in [0.15, 0.2) is 30.0 Å². The van der Waals surface area contributed by atoms with Crippen LogP contribution in [0.4, 0.5) is 11.5 Å². The van der Waals surface area contributed by atoms with Crippen LogP contribution < -0.4 is 5.32 Å². The SMILES string of the molecule is Cn1c([N+](=O)[O-])cnc1C=C(C#N)C(=O)Nc1cc(Cl)cc(Cl)c1. The summed E-state index contributed by atoms with van der Waals surface area (Å²) in [6.45, 7) is 0. The van der Waals surface area contributed by atoms with E-state index in [0.717, 1.165) is 16.8 Å². The Morgan fingerprint density at radius 3 is 2.54 bits per heavy atom. The molecular formula is C14H9Cl2N5O3. The summed E-state index contributed by atoms with van der Waals surface area (Å²) in [5, 5.41) is 23.0. The van der Waals surface area contributed by atoms with Gasteiger partial charge in [0.2, 0.25) is 5.82 Å². The normalized spacial score (nSPS) is 11.0. The second-order valence-electron chi connectivity index (χ2n) is 4.57. The van der Waals surface area contributed by atoms with E-state index in [1.54, 1.807) is 6.07 Å². The number of amides is 1. The van der Waals surface area contributed by atoms with Crippen molar-refractivity contribution in [3.63, 3.8) is 0 Å². The Hall–Kier alpha value is -2.89. The smallest absolute Gasteiger partial charge is 0.342 e. The number of benzene rings is 1. The first-order valence-corrected chi connectivity index (χ1v) is 7.12. The molecule has 0 unspecified atom stereocenters. The van der Waals surface area contributed by atoms with Crippen LogP contribution in [0.3, 0.4) is 0 Å². The third kappa shape index (κ3) is 3.90. The fourth-order valence-electron chi connectivity index (χ4n) is 1.82. The summed E-state index contributed by atoms with van der Waals surface area (Å²) >= 11 is 11.7. The van der Waals surface area contributed by atoms with E-state index < -0.39 is 10.8 Å². The lowest BCUT2D eigenvalue weighted by Crippen LogP contribution is -2.14. The minimum atomic E-state index is -0.721. The van der Waals surface area contributed by atoms with Gasteiger partial charge >= 0.3 is 5.82 Å².